The molecule has 4 rings (SSSR count). The monoisotopic (exact) mass is 452 g/mol. The second-order valence-electron chi connectivity index (χ2n) is 8.37. The smallest absolute Gasteiger partial charge is 0.407 e. The van der Waals surface area contributed by atoms with E-state index in [1.54, 1.807) is 0 Å². The van der Waals surface area contributed by atoms with Gasteiger partial charge in [-0.05, 0) is 28.7 Å². The molecule has 33 heavy (non-hydrogen) atoms. The maximum atomic E-state index is 12.9. The maximum absolute atomic E-state index is 12.9. The fraction of sp³-hybridized carbons (Fsp3) is 0.400. The molecule has 0 saturated carbocycles. The summed E-state index contributed by atoms with van der Waals surface area (Å²) in [6.45, 7) is 2.31. The summed E-state index contributed by atoms with van der Waals surface area (Å²) in [5.41, 5.74) is 4.53. The van der Waals surface area contributed by atoms with Crippen LogP contribution in [0.3, 0.4) is 0 Å². The third-order valence-corrected chi connectivity index (χ3v) is 6.18. The summed E-state index contributed by atoms with van der Waals surface area (Å²) < 4.78 is 11.0. The van der Waals surface area contributed by atoms with Crippen molar-refractivity contribution in [1.29, 1.82) is 0 Å². The summed E-state index contributed by atoms with van der Waals surface area (Å²) in [6.07, 6.45) is 0.0160. The summed E-state index contributed by atoms with van der Waals surface area (Å²) in [4.78, 5) is 37.9. The third-order valence-electron chi connectivity index (χ3n) is 6.18. The number of aliphatic carboxylic acids is 1. The number of alkyl carbamates (subject to hydrolysis) is 1. The lowest BCUT2D eigenvalue weighted by Gasteiger charge is -2.26. The number of fused-ring (bicyclic) bond motifs is 3. The molecule has 0 radical (unpaired) electrons. The maximum Gasteiger partial charge on any atom is 0.407 e. The first-order valence-electron chi connectivity index (χ1n) is 11.2. The number of hydrogen-bond donors (Lipinski definition) is 2. The summed E-state index contributed by atoms with van der Waals surface area (Å²) in [6, 6.07) is 15.6. The van der Waals surface area contributed by atoms with Gasteiger partial charge < -0.3 is 24.8 Å². The van der Waals surface area contributed by atoms with Crippen LogP contribution in [0.15, 0.2) is 48.5 Å². The molecule has 2 N–H and O–H groups in total. The van der Waals surface area contributed by atoms with E-state index in [4.69, 9.17) is 14.6 Å². The van der Waals surface area contributed by atoms with Crippen LogP contribution in [0.2, 0.25) is 0 Å². The zero-order valence-corrected chi connectivity index (χ0v) is 18.5. The van der Waals surface area contributed by atoms with Gasteiger partial charge in [-0.3, -0.25) is 9.59 Å². The normalized spacial score (nSPS) is 18.9. The van der Waals surface area contributed by atoms with Gasteiger partial charge in [0.2, 0.25) is 5.91 Å². The van der Waals surface area contributed by atoms with Crippen molar-refractivity contribution in [3.8, 4) is 11.1 Å². The Morgan fingerprint density at radius 3 is 2.30 bits per heavy atom. The Balaban J connectivity index is 1.39. The molecular weight excluding hydrogens is 424 g/mol. The first-order chi connectivity index (χ1) is 16.0. The minimum absolute atomic E-state index is 0.0592. The van der Waals surface area contributed by atoms with Gasteiger partial charge in [0.25, 0.3) is 0 Å². The van der Waals surface area contributed by atoms with Crippen molar-refractivity contribution in [3.05, 3.63) is 59.7 Å². The summed E-state index contributed by atoms with van der Waals surface area (Å²) in [7, 11) is 0. The number of carbonyl (C=O) groups is 3. The lowest BCUT2D eigenvalue weighted by Crippen LogP contribution is -2.49. The molecule has 2 atom stereocenters. The standard InChI is InChI=1S/C25H28N2O6/c1-2-11-27(12-23(28)29)24(30)21-13-32-15-22(21)26-25(31)33-14-20-18-9-5-3-7-16(18)17-8-4-6-10-19(17)20/h3-10,20-22H,2,11-15H2,1H3,(H,26,31)(H,28,29). The molecule has 2 unspecified atom stereocenters. The molecule has 8 nitrogen and oxygen atoms in total. The Morgan fingerprint density at radius 1 is 1.06 bits per heavy atom. The van der Waals surface area contributed by atoms with Crippen LogP contribution < -0.4 is 5.32 Å². The molecule has 174 valence electrons. The molecule has 1 saturated heterocycles. The summed E-state index contributed by atoms with van der Waals surface area (Å²) in [5, 5.41) is 11.9. The van der Waals surface area contributed by atoms with Crippen molar-refractivity contribution < 1.29 is 29.0 Å². The fourth-order valence-electron chi connectivity index (χ4n) is 4.67. The molecule has 1 heterocycles. The Morgan fingerprint density at radius 2 is 1.70 bits per heavy atom. The first kappa shape index (κ1) is 22.8. The number of rotatable bonds is 8. The van der Waals surface area contributed by atoms with Gasteiger partial charge in [-0.15, -0.1) is 0 Å². The molecular formula is C25H28N2O6. The zero-order valence-electron chi connectivity index (χ0n) is 18.5. The second kappa shape index (κ2) is 10.0. The van der Waals surface area contributed by atoms with Crippen LogP contribution in [0.25, 0.3) is 11.1 Å². The summed E-state index contributed by atoms with van der Waals surface area (Å²) >= 11 is 0. The molecule has 1 fully saturated rings. The van der Waals surface area contributed by atoms with Crippen LogP contribution in [0, 0.1) is 5.92 Å². The topological polar surface area (TPSA) is 105 Å². The van der Waals surface area contributed by atoms with Gasteiger partial charge >= 0.3 is 12.1 Å². The molecule has 1 aliphatic carbocycles. The van der Waals surface area contributed by atoms with Gasteiger partial charge in [-0.25, -0.2) is 4.79 Å². The van der Waals surface area contributed by atoms with E-state index in [9.17, 15) is 14.4 Å². The van der Waals surface area contributed by atoms with Crippen molar-refractivity contribution >= 4 is 18.0 Å². The number of carbonyl (C=O) groups excluding carboxylic acids is 2. The highest BCUT2D eigenvalue weighted by molar-refractivity contribution is 5.84. The largest absolute Gasteiger partial charge is 0.480 e. The highest BCUT2D eigenvalue weighted by atomic mass is 16.5. The van der Waals surface area contributed by atoms with E-state index in [1.165, 1.54) is 4.90 Å². The van der Waals surface area contributed by atoms with E-state index in [0.717, 1.165) is 22.3 Å². The van der Waals surface area contributed by atoms with Gasteiger partial charge in [0.05, 0.1) is 25.2 Å². The van der Waals surface area contributed by atoms with Gasteiger partial charge in [-0.1, -0.05) is 55.5 Å². The van der Waals surface area contributed by atoms with Crippen molar-refractivity contribution in [2.24, 2.45) is 5.92 Å². The molecule has 2 aromatic carbocycles. The van der Waals surface area contributed by atoms with E-state index in [2.05, 4.69) is 17.4 Å². The Labute approximate surface area is 192 Å². The van der Waals surface area contributed by atoms with Gasteiger partial charge in [0, 0.05) is 12.5 Å². The van der Waals surface area contributed by atoms with E-state index in [0.29, 0.717) is 13.0 Å². The highest BCUT2D eigenvalue weighted by Crippen LogP contribution is 2.44. The van der Waals surface area contributed by atoms with Crippen LogP contribution in [-0.4, -0.2) is 66.9 Å². The predicted octanol–water partition coefficient (Wildman–Crippen LogP) is 2.86. The van der Waals surface area contributed by atoms with Crippen LogP contribution in [0.5, 0.6) is 0 Å². The molecule has 0 bridgehead atoms. The molecule has 0 spiro atoms. The van der Waals surface area contributed by atoms with Crippen LogP contribution in [-0.2, 0) is 19.1 Å². The van der Waals surface area contributed by atoms with Crippen LogP contribution in [0.1, 0.15) is 30.4 Å². The SMILES string of the molecule is CCCN(CC(=O)O)C(=O)C1COCC1NC(=O)OCC1c2ccccc2-c2ccccc21. The lowest BCUT2D eigenvalue weighted by molar-refractivity contribution is -0.146. The number of carboxylic acids is 1. The Hall–Kier alpha value is -3.39. The summed E-state index contributed by atoms with van der Waals surface area (Å²) in [5.74, 6) is -2.11. The van der Waals surface area contributed by atoms with Crippen molar-refractivity contribution in [3.63, 3.8) is 0 Å². The molecule has 1 aliphatic heterocycles. The lowest BCUT2D eigenvalue weighted by atomic mass is 9.98. The number of nitrogens with zero attached hydrogens (tertiary/aromatic N) is 1. The number of benzene rings is 2. The third kappa shape index (κ3) is 4.85. The minimum atomic E-state index is -1.07. The van der Waals surface area contributed by atoms with E-state index in [1.807, 2.05) is 43.3 Å². The van der Waals surface area contributed by atoms with E-state index < -0.39 is 24.0 Å². The number of ether oxygens (including phenoxy) is 2. The first-order valence-corrected chi connectivity index (χ1v) is 11.2. The van der Waals surface area contributed by atoms with Crippen molar-refractivity contribution in [2.45, 2.75) is 25.3 Å². The Kier molecular flexibility index (Phi) is 6.93. The molecule has 0 aromatic heterocycles. The zero-order chi connectivity index (χ0) is 23.4. The number of hydrogen-bond acceptors (Lipinski definition) is 5. The molecule has 2 aromatic rings. The second-order valence-corrected chi connectivity index (χ2v) is 8.37. The van der Waals surface area contributed by atoms with Crippen molar-refractivity contribution in [2.75, 3.05) is 32.9 Å². The molecule has 8 heteroatoms. The van der Waals surface area contributed by atoms with E-state index >= 15 is 0 Å². The predicted molar refractivity (Wildman–Crippen MR) is 121 cm³/mol. The van der Waals surface area contributed by atoms with Crippen LogP contribution >= 0.6 is 0 Å². The fourth-order valence-corrected chi connectivity index (χ4v) is 4.67. The molecule has 2 amide bonds. The molecule has 2 aliphatic rings. The van der Waals surface area contributed by atoms with Crippen LogP contribution in [0.4, 0.5) is 4.79 Å². The number of carboxylic acid groups (broad SMARTS) is 1. The average molecular weight is 453 g/mol. The van der Waals surface area contributed by atoms with Gasteiger partial charge in [0.15, 0.2) is 0 Å². The van der Waals surface area contributed by atoms with Gasteiger partial charge in [-0.2, -0.15) is 0 Å². The Bertz CT molecular complexity index is 994. The van der Waals surface area contributed by atoms with E-state index in [-0.39, 0.29) is 38.2 Å². The average Bonchev–Trinajstić information content (AvgIpc) is 3.39. The quantitative estimate of drug-likeness (QED) is 0.638. The minimum Gasteiger partial charge on any atom is -0.480 e. The van der Waals surface area contributed by atoms with Gasteiger partial charge in [0.1, 0.15) is 13.2 Å². The number of amides is 2. The highest BCUT2D eigenvalue weighted by Gasteiger charge is 2.38. The van der Waals surface area contributed by atoms with Crippen molar-refractivity contribution in [1.82, 2.24) is 10.2 Å². The number of nitrogens with one attached hydrogen (secondary N) is 1.